The summed E-state index contributed by atoms with van der Waals surface area (Å²) in [5.74, 6) is -0.0721. The second kappa shape index (κ2) is 4.58. The summed E-state index contributed by atoms with van der Waals surface area (Å²) in [7, 11) is 1.15. The molecule has 1 N–H and O–H groups in total. The maximum Gasteiger partial charge on any atom is 0.339 e. The number of fused-ring (bicyclic) bond motifs is 1. The van der Waals surface area contributed by atoms with Crippen LogP contribution in [0.3, 0.4) is 0 Å². The Kier molecular flexibility index (Phi) is 3.14. The van der Waals surface area contributed by atoms with E-state index in [4.69, 9.17) is 9.47 Å². The summed E-state index contributed by atoms with van der Waals surface area (Å²) >= 11 is 0. The first kappa shape index (κ1) is 11.7. The Hall–Kier alpha value is -1.82. The summed E-state index contributed by atoms with van der Waals surface area (Å²) in [6.07, 6.45) is -1.53. The van der Waals surface area contributed by atoms with E-state index in [0.29, 0.717) is 11.5 Å². The third-order valence-corrected chi connectivity index (χ3v) is 2.50. The zero-order valence-electron chi connectivity index (χ0n) is 9.10. The van der Waals surface area contributed by atoms with Crippen LogP contribution in [0.1, 0.15) is 17.2 Å². The molecule has 92 valence electrons. The molecule has 1 aliphatic rings. The highest BCUT2D eigenvalue weighted by atomic mass is 19.1. The monoisotopic (exact) mass is 242 g/mol. The molecule has 6 heteroatoms. The van der Waals surface area contributed by atoms with Gasteiger partial charge in [-0.25, -0.2) is 9.18 Å². The molecular formula is C11H11FO5. The van der Waals surface area contributed by atoms with Crippen molar-refractivity contribution in [1.82, 2.24) is 0 Å². The number of halogens is 1. The minimum absolute atomic E-state index is 0.0405. The largest absolute Gasteiger partial charge is 0.467 e. The van der Waals surface area contributed by atoms with Crippen LogP contribution < -0.4 is 9.47 Å². The molecule has 1 atom stereocenters. The van der Waals surface area contributed by atoms with E-state index in [-0.39, 0.29) is 17.9 Å². The average Bonchev–Trinajstić information content (AvgIpc) is 2.82. The molecule has 2 rings (SSSR count). The van der Waals surface area contributed by atoms with Crippen LogP contribution in [0.2, 0.25) is 0 Å². The summed E-state index contributed by atoms with van der Waals surface area (Å²) in [5, 5.41) is 9.69. The first-order chi connectivity index (χ1) is 8.17. The van der Waals surface area contributed by atoms with Gasteiger partial charge >= 0.3 is 5.97 Å². The van der Waals surface area contributed by atoms with Crippen LogP contribution >= 0.6 is 0 Å². The fourth-order valence-electron chi connectivity index (χ4n) is 1.61. The molecular weight excluding hydrogens is 231 g/mol. The van der Waals surface area contributed by atoms with Crippen LogP contribution in [0.4, 0.5) is 4.39 Å². The molecule has 1 aromatic rings. The fraction of sp³-hybridized carbons (Fsp3) is 0.364. The molecule has 0 radical (unpaired) electrons. The van der Waals surface area contributed by atoms with E-state index in [0.717, 1.165) is 7.11 Å². The number of hydrogen-bond acceptors (Lipinski definition) is 5. The predicted molar refractivity (Wildman–Crippen MR) is 54.4 cm³/mol. The van der Waals surface area contributed by atoms with Crippen molar-refractivity contribution in [1.29, 1.82) is 0 Å². The van der Waals surface area contributed by atoms with Crippen molar-refractivity contribution >= 4 is 5.97 Å². The number of carbonyl (C=O) groups excluding carboxylic acids is 1. The predicted octanol–water partition coefficient (Wildman–Crippen LogP) is 1.09. The lowest BCUT2D eigenvalue weighted by molar-refractivity contribution is -0.150. The Morgan fingerprint density at radius 1 is 1.53 bits per heavy atom. The number of benzene rings is 1. The van der Waals surface area contributed by atoms with Crippen molar-refractivity contribution in [2.24, 2.45) is 0 Å². The first-order valence-corrected chi connectivity index (χ1v) is 4.91. The van der Waals surface area contributed by atoms with Gasteiger partial charge in [0, 0.05) is 5.56 Å². The maximum atomic E-state index is 12.8. The van der Waals surface area contributed by atoms with Crippen molar-refractivity contribution in [3.63, 3.8) is 0 Å². The minimum atomic E-state index is -1.53. The zero-order chi connectivity index (χ0) is 12.4. The number of carbonyl (C=O) groups is 1. The average molecular weight is 242 g/mol. The lowest BCUT2D eigenvalue weighted by Gasteiger charge is -2.12. The van der Waals surface area contributed by atoms with Crippen molar-refractivity contribution in [2.75, 3.05) is 13.9 Å². The van der Waals surface area contributed by atoms with E-state index in [1.54, 1.807) is 0 Å². The molecule has 0 amide bonds. The van der Waals surface area contributed by atoms with Gasteiger partial charge in [0.25, 0.3) is 0 Å². The Labute approximate surface area is 96.7 Å². The molecule has 0 saturated carbocycles. The zero-order valence-corrected chi connectivity index (χ0v) is 9.10. The summed E-state index contributed by atoms with van der Waals surface area (Å²) in [4.78, 5) is 11.2. The topological polar surface area (TPSA) is 65.0 Å². The second-order valence-electron chi connectivity index (χ2n) is 3.46. The normalized spacial score (nSPS) is 14.5. The van der Waals surface area contributed by atoms with Gasteiger partial charge < -0.3 is 19.3 Å². The summed E-state index contributed by atoms with van der Waals surface area (Å²) in [5.41, 5.74) is 0.302. The number of aliphatic hydroxyl groups excluding tert-OH is 1. The summed E-state index contributed by atoms with van der Waals surface area (Å²) < 4.78 is 27.4. The standard InChI is InChI=1S/C11H11FO5/c1-15-11(14)10(13)7-3-9-8(16-5-17-9)2-6(7)4-12/h2-3,10,13H,4-5H2,1H3. The smallest absolute Gasteiger partial charge is 0.339 e. The molecule has 0 bridgehead atoms. The molecule has 0 spiro atoms. The highest BCUT2D eigenvalue weighted by Crippen LogP contribution is 2.37. The van der Waals surface area contributed by atoms with E-state index in [9.17, 15) is 14.3 Å². The van der Waals surface area contributed by atoms with Gasteiger partial charge in [-0.15, -0.1) is 0 Å². The van der Waals surface area contributed by atoms with Crippen LogP contribution in [0.5, 0.6) is 11.5 Å². The molecule has 17 heavy (non-hydrogen) atoms. The van der Waals surface area contributed by atoms with Crippen LogP contribution in [-0.4, -0.2) is 25.0 Å². The molecule has 0 aromatic heterocycles. The van der Waals surface area contributed by atoms with Gasteiger partial charge in [-0.2, -0.15) is 0 Å². The SMILES string of the molecule is COC(=O)C(O)c1cc2c(cc1CF)OCO2. The fourth-order valence-corrected chi connectivity index (χ4v) is 1.61. The minimum Gasteiger partial charge on any atom is -0.467 e. The Bertz CT molecular complexity index is 446. The van der Waals surface area contributed by atoms with Gasteiger partial charge in [0.2, 0.25) is 6.79 Å². The number of alkyl halides is 1. The molecule has 1 heterocycles. The van der Waals surface area contributed by atoms with Crippen molar-refractivity contribution in [2.45, 2.75) is 12.8 Å². The van der Waals surface area contributed by atoms with Gasteiger partial charge in [0.1, 0.15) is 6.67 Å². The number of rotatable bonds is 3. The van der Waals surface area contributed by atoms with Gasteiger partial charge in [0.05, 0.1) is 7.11 Å². The number of ether oxygens (including phenoxy) is 3. The van der Waals surface area contributed by atoms with Crippen LogP contribution in [0.25, 0.3) is 0 Å². The third kappa shape index (κ3) is 2.03. The van der Waals surface area contributed by atoms with Gasteiger partial charge in [0.15, 0.2) is 17.6 Å². The van der Waals surface area contributed by atoms with E-state index in [1.165, 1.54) is 12.1 Å². The number of esters is 1. The molecule has 1 aliphatic heterocycles. The lowest BCUT2D eigenvalue weighted by atomic mass is 10.0. The molecule has 1 unspecified atom stereocenters. The van der Waals surface area contributed by atoms with E-state index in [1.807, 2.05) is 0 Å². The van der Waals surface area contributed by atoms with Crippen LogP contribution in [0.15, 0.2) is 12.1 Å². The van der Waals surface area contributed by atoms with Gasteiger partial charge in [-0.05, 0) is 17.7 Å². The summed E-state index contributed by atoms with van der Waals surface area (Å²) in [6, 6.07) is 2.79. The molecule has 0 fully saturated rings. The Morgan fingerprint density at radius 2 is 2.18 bits per heavy atom. The van der Waals surface area contributed by atoms with E-state index >= 15 is 0 Å². The van der Waals surface area contributed by atoms with Crippen molar-refractivity contribution in [3.05, 3.63) is 23.3 Å². The van der Waals surface area contributed by atoms with Crippen molar-refractivity contribution < 1.29 is 28.5 Å². The quantitative estimate of drug-likeness (QED) is 0.804. The maximum absolute atomic E-state index is 12.8. The number of aliphatic hydroxyl groups is 1. The highest BCUT2D eigenvalue weighted by molar-refractivity contribution is 5.77. The van der Waals surface area contributed by atoms with Crippen LogP contribution in [-0.2, 0) is 16.2 Å². The Balaban J connectivity index is 2.42. The van der Waals surface area contributed by atoms with Gasteiger partial charge in [-0.3, -0.25) is 0 Å². The molecule has 1 aromatic carbocycles. The molecule has 0 aliphatic carbocycles. The highest BCUT2D eigenvalue weighted by Gasteiger charge is 2.25. The van der Waals surface area contributed by atoms with E-state index in [2.05, 4.69) is 4.74 Å². The molecule has 5 nitrogen and oxygen atoms in total. The Morgan fingerprint density at radius 3 is 2.76 bits per heavy atom. The first-order valence-electron chi connectivity index (χ1n) is 4.91. The number of hydrogen-bond donors (Lipinski definition) is 1. The van der Waals surface area contributed by atoms with Crippen LogP contribution in [0, 0.1) is 0 Å². The second-order valence-corrected chi connectivity index (χ2v) is 3.46. The van der Waals surface area contributed by atoms with Gasteiger partial charge in [-0.1, -0.05) is 0 Å². The lowest BCUT2D eigenvalue weighted by Crippen LogP contribution is -2.15. The summed E-state index contributed by atoms with van der Waals surface area (Å²) in [6.45, 7) is -0.779. The molecule has 0 saturated heterocycles. The number of methoxy groups -OCH3 is 1. The van der Waals surface area contributed by atoms with E-state index < -0.39 is 18.7 Å². The van der Waals surface area contributed by atoms with Crippen molar-refractivity contribution in [3.8, 4) is 11.5 Å². The third-order valence-electron chi connectivity index (χ3n) is 2.50.